The van der Waals surface area contributed by atoms with Gasteiger partial charge in [-0.05, 0) is 108 Å². The van der Waals surface area contributed by atoms with E-state index in [0.717, 1.165) is 0 Å². The molecule has 0 nitrogen and oxygen atoms in total. The van der Waals surface area contributed by atoms with Crippen LogP contribution in [0, 0.1) is 0 Å². The van der Waals surface area contributed by atoms with Gasteiger partial charge in [0.1, 0.15) is 0 Å². The van der Waals surface area contributed by atoms with Gasteiger partial charge in [-0.3, -0.25) is 0 Å². The number of fused-ring (bicyclic) bond motifs is 10. The fraction of sp³-hybridized carbons (Fsp3) is 0. The van der Waals surface area contributed by atoms with Crippen LogP contribution in [-0.2, 0) is 0 Å². The zero-order valence-electron chi connectivity index (χ0n) is 27.0. The Labute approximate surface area is 297 Å². The van der Waals surface area contributed by atoms with Crippen molar-refractivity contribution in [2.45, 2.75) is 0 Å². The van der Waals surface area contributed by atoms with Gasteiger partial charge in [0.2, 0.25) is 0 Å². The van der Waals surface area contributed by atoms with Crippen LogP contribution in [0.25, 0.3) is 106 Å². The molecule has 0 amide bonds. The topological polar surface area (TPSA) is 0 Å². The highest BCUT2D eigenvalue weighted by molar-refractivity contribution is 7.28. The summed E-state index contributed by atoms with van der Waals surface area (Å²) in [5.74, 6) is 0. The number of hydrogen-bond donors (Lipinski definition) is 0. The van der Waals surface area contributed by atoms with Gasteiger partial charge in [-0.15, -0.1) is 22.7 Å². The average molecular weight is 669 g/mol. The Kier molecular flexibility index (Phi) is 6.09. The molecule has 2 heteroatoms. The highest BCUT2D eigenvalue weighted by Crippen LogP contribution is 2.46. The lowest BCUT2D eigenvalue weighted by molar-refractivity contribution is 1.66. The number of thiophene rings is 2. The molecular weight excluding hydrogens is 641 g/mol. The molecule has 11 rings (SSSR count). The molecule has 0 unspecified atom stereocenters. The van der Waals surface area contributed by atoms with Crippen molar-refractivity contribution in [2.24, 2.45) is 0 Å². The first kappa shape index (κ1) is 28.1. The van der Waals surface area contributed by atoms with Crippen molar-refractivity contribution in [1.29, 1.82) is 0 Å². The summed E-state index contributed by atoms with van der Waals surface area (Å²) in [5, 5.41) is 13.1. The molecule has 9 aromatic carbocycles. The van der Waals surface area contributed by atoms with E-state index in [2.05, 4.69) is 170 Å². The molecule has 0 aliphatic carbocycles. The van der Waals surface area contributed by atoms with E-state index in [1.165, 1.54) is 106 Å². The molecule has 11 aromatic rings. The summed E-state index contributed by atoms with van der Waals surface area (Å²) in [6.07, 6.45) is 0. The fourth-order valence-electron chi connectivity index (χ4n) is 8.20. The highest BCUT2D eigenvalue weighted by Gasteiger charge is 2.17. The van der Waals surface area contributed by atoms with E-state index in [9.17, 15) is 0 Å². The van der Waals surface area contributed by atoms with E-state index < -0.39 is 0 Å². The molecule has 0 bridgehead atoms. The quantitative estimate of drug-likeness (QED) is 0.164. The van der Waals surface area contributed by atoms with Gasteiger partial charge in [0.05, 0.1) is 0 Å². The Morgan fingerprint density at radius 1 is 0.260 bits per heavy atom. The van der Waals surface area contributed by atoms with Crippen LogP contribution in [0.5, 0.6) is 0 Å². The predicted octanol–water partition coefficient (Wildman–Crippen LogP) is 14.9. The van der Waals surface area contributed by atoms with E-state index in [-0.39, 0.29) is 0 Å². The second-order valence-electron chi connectivity index (χ2n) is 13.2. The van der Waals surface area contributed by atoms with Gasteiger partial charge in [0.15, 0.2) is 0 Å². The van der Waals surface area contributed by atoms with E-state index in [0.29, 0.717) is 0 Å². The standard InChI is InChI=1S/C48H28S2/c1-2-10-29(11-3-1)45-35-12-4-6-14-37(35)46(38-15-7-5-13-36(38)45)34-21-20-30-26-31(18-19-32(30)27-34)33-22-23-42-40(28-33)48-44(50-42)25-24-43-47(48)39-16-8-9-17-41(39)49-43/h1-28H. The Balaban J connectivity index is 1.07. The largest absolute Gasteiger partial charge is 0.135 e. The second kappa shape index (κ2) is 10.9. The van der Waals surface area contributed by atoms with E-state index in [1.807, 2.05) is 22.7 Å². The minimum atomic E-state index is 1.25. The molecule has 0 aliphatic heterocycles. The van der Waals surface area contributed by atoms with Crippen LogP contribution in [0.15, 0.2) is 170 Å². The maximum atomic E-state index is 2.42. The van der Waals surface area contributed by atoms with Crippen molar-refractivity contribution < 1.29 is 0 Å². The third kappa shape index (κ3) is 4.16. The molecule has 50 heavy (non-hydrogen) atoms. The molecular formula is C48H28S2. The molecule has 0 saturated heterocycles. The molecule has 2 heterocycles. The molecule has 0 radical (unpaired) electrons. The molecule has 0 saturated carbocycles. The lowest BCUT2D eigenvalue weighted by atomic mass is 9.85. The zero-order valence-corrected chi connectivity index (χ0v) is 28.6. The normalized spacial score (nSPS) is 12.0. The van der Waals surface area contributed by atoms with Crippen molar-refractivity contribution in [2.75, 3.05) is 0 Å². The smallest absolute Gasteiger partial charge is 0.0362 e. The maximum absolute atomic E-state index is 2.42. The lowest BCUT2D eigenvalue weighted by Gasteiger charge is -2.18. The Morgan fingerprint density at radius 3 is 1.36 bits per heavy atom. The Morgan fingerprint density at radius 2 is 0.700 bits per heavy atom. The summed E-state index contributed by atoms with van der Waals surface area (Å²) < 4.78 is 5.42. The van der Waals surface area contributed by atoms with Crippen molar-refractivity contribution in [3.05, 3.63) is 170 Å². The second-order valence-corrected chi connectivity index (χ2v) is 15.4. The van der Waals surface area contributed by atoms with Crippen LogP contribution in [0.4, 0.5) is 0 Å². The minimum Gasteiger partial charge on any atom is -0.135 e. The summed E-state index contributed by atoms with van der Waals surface area (Å²) in [5.41, 5.74) is 7.60. The summed E-state index contributed by atoms with van der Waals surface area (Å²) in [7, 11) is 0. The van der Waals surface area contributed by atoms with Gasteiger partial charge >= 0.3 is 0 Å². The summed E-state index contributed by atoms with van der Waals surface area (Å²) >= 11 is 3.79. The first-order chi connectivity index (χ1) is 24.8. The van der Waals surface area contributed by atoms with Crippen molar-refractivity contribution >= 4 is 95.3 Å². The molecule has 232 valence electrons. The fourth-order valence-corrected chi connectivity index (χ4v) is 10.4. The molecule has 0 spiro atoms. The van der Waals surface area contributed by atoms with Crippen molar-refractivity contribution in [3.8, 4) is 33.4 Å². The molecule has 0 N–H and O–H groups in total. The minimum absolute atomic E-state index is 1.25. The van der Waals surface area contributed by atoms with Crippen LogP contribution < -0.4 is 0 Å². The summed E-state index contributed by atoms with van der Waals surface area (Å²) in [6.45, 7) is 0. The highest BCUT2D eigenvalue weighted by atomic mass is 32.1. The van der Waals surface area contributed by atoms with Crippen LogP contribution in [0.2, 0.25) is 0 Å². The third-order valence-electron chi connectivity index (χ3n) is 10.4. The predicted molar refractivity (Wildman–Crippen MR) is 221 cm³/mol. The molecule has 0 atom stereocenters. The first-order valence-electron chi connectivity index (χ1n) is 17.1. The monoisotopic (exact) mass is 668 g/mol. The van der Waals surface area contributed by atoms with Gasteiger partial charge in [-0.2, -0.15) is 0 Å². The van der Waals surface area contributed by atoms with Gasteiger partial charge < -0.3 is 0 Å². The average Bonchev–Trinajstić information content (AvgIpc) is 3.74. The zero-order chi connectivity index (χ0) is 32.8. The third-order valence-corrected chi connectivity index (χ3v) is 12.7. The van der Waals surface area contributed by atoms with E-state index >= 15 is 0 Å². The van der Waals surface area contributed by atoms with Crippen LogP contribution in [0.3, 0.4) is 0 Å². The van der Waals surface area contributed by atoms with Gasteiger partial charge in [-0.25, -0.2) is 0 Å². The van der Waals surface area contributed by atoms with Gasteiger partial charge in [0.25, 0.3) is 0 Å². The van der Waals surface area contributed by atoms with Crippen LogP contribution in [-0.4, -0.2) is 0 Å². The van der Waals surface area contributed by atoms with Crippen molar-refractivity contribution in [1.82, 2.24) is 0 Å². The SMILES string of the molecule is c1ccc(-c2c3ccccc3c(-c3ccc4cc(-c5ccc6sc7ccc8sc9ccccc9c8c7c6c5)ccc4c3)c3ccccc23)cc1. The number of hydrogen-bond acceptors (Lipinski definition) is 2. The maximum Gasteiger partial charge on any atom is 0.0362 e. The molecule has 0 fully saturated rings. The first-order valence-corrected chi connectivity index (χ1v) is 18.7. The molecule has 0 aliphatic rings. The van der Waals surface area contributed by atoms with Gasteiger partial charge in [0, 0.05) is 40.3 Å². The lowest BCUT2D eigenvalue weighted by Crippen LogP contribution is -1.90. The van der Waals surface area contributed by atoms with Crippen LogP contribution >= 0.6 is 22.7 Å². The summed E-state index contributed by atoms with van der Waals surface area (Å²) in [4.78, 5) is 0. The van der Waals surface area contributed by atoms with E-state index in [1.54, 1.807) is 0 Å². The van der Waals surface area contributed by atoms with Gasteiger partial charge in [-0.1, -0.05) is 127 Å². The van der Waals surface area contributed by atoms with Crippen molar-refractivity contribution in [3.63, 3.8) is 0 Å². The molecule has 2 aromatic heterocycles. The Bertz CT molecular complexity index is 3080. The number of rotatable bonds is 3. The van der Waals surface area contributed by atoms with E-state index in [4.69, 9.17) is 0 Å². The number of benzene rings is 9. The summed E-state index contributed by atoms with van der Waals surface area (Å²) in [6, 6.07) is 63.1. The van der Waals surface area contributed by atoms with Crippen LogP contribution in [0.1, 0.15) is 0 Å². The Hall–Kier alpha value is -5.80.